The number of fused-ring (bicyclic) bond motifs is 1. The van der Waals surface area contributed by atoms with Gasteiger partial charge in [0.05, 0.1) is 0 Å². The molecule has 0 spiro atoms. The number of hydrogen-bond acceptors (Lipinski definition) is 2. The van der Waals surface area contributed by atoms with Gasteiger partial charge in [-0.25, -0.2) is 8.78 Å². The van der Waals surface area contributed by atoms with Crippen LogP contribution in [-0.2, 0) is 11.3 Å². The summed E-state index contributed by atoms with van der Waals surface area (Å²) < 4.78 is 27.5. The van der Waals surface area contributed by atoms with Crippen LogP contribution in [0.2, 0.25) is 0 Å². The van der Waals surface area contributed by atoms with Crippen molar-refractivity contribution < 1.29 is 13.6 Å². The highest BCUT2D eigenvalue weighted by atomic mass is 19.1. The van der Waals surface area contributed by atoms with E-state index in [-0.39, 0.29) is 35.4 Å². The molecule has 4 rings (SSSR count). The van der Waals surface area contributed by atoms with Gasteiger partial charge in [-0.1, -0.05) is 37.3 Å². The second-order valence-corrected chi connectivity index (χ2v) is 7.90. The lowest BCUT2D eigenvalue weighted by molar-refractivity contribution is -0.132. The maximum absolute atomic E-state index is 14.1. The van der Waals surface area contributed by atoms with Crippen molar-refractivity contribution in [2.75, 3.05) is 19.6 Å². The average Bonchev–Trinajstić information content (AvgIpc) is 3.09. The third-order valence-corrected chi connectivity index (χ3v) is 6.29. The monoisotopic (exact) mass is 384 g/mol. The standard InChI is InChI=1S/C23H26F2N2O/c1-2-23(28)27-15-19(16-7-9-18(24)10-8-16)20-14-26(12-11-22(20)27)13-17-5-3-4-6-21(17)25/h3-10,19-20,22H,2,11-15H2,1H3/t19-,20-,22-/m1/s1. The van der Waals surface area contributed by atoms with Gasteiger partial charge in [-0.05, 0) is 30.2 Å². The molecule has 2 aromatic carbocycles. The van der Waals surface area contributed by atoms with Crippen LogP contribution in [0, 0.1) is 17.6 Å². The van der Waals surface area contributed by atoms with Crippen LogP contribution < -0.4 is 0 Å². The van der Waals surface area contributed by atoms with E-state index in [0.29, 0.717) is 25.1 Å². The average molecular weight is 384 g/mol. The van der Waals surface area contributed by atoms with Crippen molar-refractivity contribution in [1.82, 2.24) is 9.80 Å². The minimum Gasteiger partial charge on any atom is -0.339 e. The first-order valence-corrected chi connectivity index (χ1v) is 10.1. The zero-order valence-corrected chi connectivity index (χ0v) is 16.2. The molecule has 0 radical (unpaired) electrons. The van der Waals surface area contributed by atoms with Gasteiger partial charge in [-0.15, -0.1) is 0 Å². The Morgan fingerprint density at radius 1 is 1.07 bits per heavy atom. The van der Waals surface area contributed by atoms with Crippen LogP contribution in [0.25, 0.3) is 0 Å². The molecule has 0 bridgehead atoms. The number of nitrogens with zero attached hydrogens (tertiary/aromatic N) is 2. The fourth-order valence-corrected chi connectivity index (χ4v) is 4.87. The SMILES string of the molecule is CCC(=O)N1C[C@H](c2ccc(F)cc2)[C@H]2CN(Cc3ccccc3F)CC[C@H]21. The van der Waals surface area contributed by atoms with Crippen molar-refractivity contribution in [3.63, 3.8) is 0 Å². The lowest BCUT2D eigenvalue weighted by atomic mass is 9.81. The van der Waals surface area contributed by atoms with Gasteiger partial charge in [0.2, 0.25) is 5.91 Å². The van der Waals surface area contributed by atoms with E-state index in [1.165, 1.54) is 18.2 Å². The third kappa shape index (κ3) is 3.68. The van der Waals surface area contributed by atoms with Gasteiger partial charge >= 0.3 is 0 Å². The molecule has 2 fully saturated rings. The van der Waals surface area contributed by atoms with E-state index < -0.39 is 0 Å². The zero-order chi connectivity index (χ0) is 19.7. The van der Waals surface area contributed by atoms with Crippen LogP contribution in [0.15, 0.2) is 48.5 Å². The van der Waals surface area contributed by atoms with Gasteiger partial charge in [0.15, 0.2) is 0 Å². The number of piperidine rings is 1. The van der Waals surface area contributed by atoms with Crippen molar-refractivity contribution in [2.45, 2.75) is 38.3 Å². The molecule has 148 valence electrons. The number of amides is 1. The van der Waals surface area contributed by atoms with E-state index in [0.717, 1.165) is 25.1 Å². The Morgan fingerprint density at radius 2 is 1.82 bits per heavy atom. The molecule has 28 heavy (non-hydrogen) atoms. The number of carbonyl (C=O) groups excluding carboxylic acids is 1. The number of hydrogen-bond donors (Lipinski definition) is 0. The number of halogens is 2. The van der Waals surface area contributed by atoms with Crippen LogP contribution in [0.5, 0.6) is 0 Å². The highest BCUT2D eigenvalue weighted by Gasteiger charge is 2.46. The largest absolute Gasteiger partial charge is 0.339 e. The molecular weight excluding hydrogens is 358 g/mol. The molecule has 1 amide bonds. The Balaban J connectivity index is 1.57. The molecule has 2 aliphatic heterocycles. The summed E-state index contributed by atoms with van der Waals surface area (Å²) in [6.45, 7) is 4.82. The molecule has 2 heterocycles. The molecular formula is C23H26F2N2O. The molecule has 2 aliphatic rings. The van der Waals surface area contributed by atoms with Crippen molar-refractivity contribution in [2.24, 2.45) is 5.92 Å². The molecule has 0 aliphatic carbocycles. The number of carbonyl (C=O) groups is 1. The molecule has 0 saturated carbocycles. The van der Waals surface area contributed by atoms with E-state index >= 15 is 0 Å². The Bertz CT molecular complexity index is 839. The molecule has 3 nitrogen and oxygen atoms in total. The van der Waals surface area contributed by atoms with Crippen molar-refractivity contribution in [1.29, 1.82) is 0 Å². The van der Waals surface area contributed by atoms with E-state index in [1.54, 1.807) is 6.07 Å². The Labute approximate surface area is 165 Å². The first-order chi connectivity index (χ1) is 13.6. The van der Waals surface area contributed by atoms with Crippen molar-refractivity contribution in [3.8, 4) is 0 Å². The Hall–Kier alpha value is -2.27. The summed E-state index contributed by atoms with van der Waals surface area (Å²) in [6.07, 6.45) is 1.39. The summed E-state index contributed by atoms with van der Waals surface area (Å²) in [5.74, 6) is 0.228. The number of benzene rings is 2. The number of likely N-dealkylation sites (tertiary alicyclic amines) is 2. The van der Waals surface area contributed by atoms with Crippen molar-refractivity contribution >= 4 is 5.91 Å². The molecule has 2 aromatic rings. The predicted molar refractivity (Wildman–Crippen MR) is 105 cm³/mol. The van der Waals surface area contributed by atoms with Crippen LogP contribution >= 0.6 is 0 Å². The van der Waals surface area contributed by atoms with Crippen LogP contribution in [0.1, 0.15) is 36.8 Å². The fraction of sp³-hybridized carbons (Fsp3) is 0.435. The molecule has 2 saturated heterocycles. The van der Waals surface area contributed by atoms with Gasteiger partial charge in [0.25, 0.3) is 0 Å². The van der Waals surface area contributed by atoms with Gasteiger partial charge in [0, 0.05) is 56.0 Å². The third-order valence-electron chi connectivity index (χ3n) is 6.29. The Kier molecular flexibility index (Phi) is 5.44. The first kappa shape index (κ1) is 19.1. The normalized spacial score (nSPS) is 25.0. The minimum absolute atomic E-state index is 0.172. The number of rotatable bonds is 4. The first-order valence-electron chi connectivity index (χ1n) is 10.1. The summed E-state index contributed by atoms with van der Waals surface area (Å²) in [5, 5.41) is 0. The second-order valence-electron chi connectivity index (χ2n) is 7.90. The molecule has 0 unspecified atom stereocenters. The highest BCUT2D eigenvalue weighted by molar-refractivity contribution is 5.76. The Morgan fingerprint density at radius 3 is 2.54 bits per heavy atom. The van der Waals surface area contributed by atoms with Crippen LogP contribution in [0.4, 0.5) is 8.78 Å². The lowest BCUT2D eigenvalue weighted by Crippen LogP contribution is -2.47. The summed E-state index contributed by atoms with van der Waals surface area (Å²) in [4.78, 5) is 16.8. The zero-order valence-electron chi connectivity index (χ0n) is 16.2. The van der Waals surface area contributed by atoms with Crippen molar-refractivity contribution in [3.05, 3.63) is 71.3 Å². The van der Waals surface area contributed by atoms with Gasteiger partial charge in [-0.2, -0.15) is 0 Å². The summed E-state index contributed by atoms with van der Waals surface area (Å²) in [7, 11) is 0. The van der Waals surface area contributed by atoms with Gasteiger partial charge < -0.3 is 4.90 Å². The molecule has 0 N–H and O–H groups in total. The maximum atomic E-state index is 14.1. The topological polar surface area (TPSA) is 23.6 Å². The highest BCUT2D eigenvalue weighted by Crippen LogP contribution is 2.42. The second kappa shape index (κ2) is 8.00. The lowest BCUT2D eigenvalue weighted by Gasteiger charge is -2.39. The fourth-order valence-electron chi connectivity index (χ4n) is 4.87. The van der Waals surface area contributed by atoms with E-state index in [4.69, 9.17) is 0 Å². The van der Waals surface area contributed by atoms with Gasteiger partial charge in [-0.3, -0.25) is 9.69 Å². The summed E-state index contributed by atoms with van der Waals surface area (Å²) >= 11 is 0. The van der Waals surface area contributed by atoms with E-state index in [9.17, 15) is 13.6 Å². The minimum atomic E-state index is -0.246. The quantitative estimate of drug-likeness (QED) is 0.789. The molecule has 5 heteroatoms. The molecule has 3 atom stereocenters. The van der Waals surface area contributed by atoms with Crippen LogP contribution in [-0.4, -0.2) is 41.4 Å². The van der Waals surface area contributed by atoms with E-state index in [2.05, 4.69) is 4.90 Å². The molecule has 0 aromatic heterocycles. The summed E-state index contributed by atoms with van der Waals surface area (Å²) in [6, 6.07) is 13.8. The smallest absolute Gasteiger partial charge is 0.222 e. The van der Waals surface area contributed by atoms with Crippen LogP contribution in [0.3, 0.4) is 0 Å². The maximum Gasteiger partial charge on any atom is 0.222 e. The predicted octanol–water partition coefficient (Wildman–Crippen LogP) is 4.19. The summed E-state index contributed by atoms with van der Waals surface area (Å²) in [5.41, 5.74) is 1.79. The van der Waals surface area contributed by atoms with E-state index in [1.807, 2.05) is 36.1 Å². The van der Waals surface area contributed by atoms with Gasteiger partial charge in [0.1, 0.15) is 11.6 Å².